The molecule has 2 nitrogen and oxygen atoms in total. The lowest BCUT2D eigenvalue weighted by Crippen LogP contribution is -2.26. The zero-order valence-corrected chi connectivity index (χ0v) is 16.5. The third-order valence-corrected chi connectivity index (χ3v) is 6.19. The van der Waals surface area contributed by atoms with Gasteiger partial charge in [-0.2, -0.15) is 23.5 Å². The fraction of sp³-hybridized carbons (Fsp3) is 1.00. The maximum Gasteiger partial charge on any atom is 0.183 e. The van der Waals surface area contributed by atoms with Gasteiger partial charge >= 0.3 is 0 Å². The molecule has 0 fully saturated rings. The van der Waals surface area contributed by atoms with Crippen molar-refractivity contribution in [3.05, 3.63) is 0 Å². The molecule has 0 atom stereocenters. The van der Waals surface area contributed by atoms with Gasteiger partial charge in [-0.3, -0.25) is 0 Å². The number of hydrogen-bond acceptors (Lipinski definition) is 4. The second-order valence-corrected chi connectivity index (χ2v) is 17.6. The van der Waals surface area contributed by atoms with Crippen LogP contribution in [0.25, 0.3) is 0 Å². The van der Waals surface area contributed by atoms with Crippen LogP contribution in [0.3, 0.4) is 0 Å². The van der Waals surface area contributed by atoms with Crippen molar-refractivity contribution in [3.63, 3.8) is 0 Å². The molecule has 0 aromatic heterocycles. The summed E-state index contributed by atoms with van der Waals surface area (Å²) in [6.45, 7) is 15.3. The maximum absolute atomic E-state index is 5.81. The van der Waals surface area contributed by atoms with E-state index in [2.05, 4.69) is 39.3 Å². The third kappa shape index (κ3) is 17.1. The van der Waals surface area contributed by atoms with Gasteiger partial charge in [0.1, 0.15) is 0 Å². The van der Waals surface area contributed by atoms with Crippen molar-refractivity contribution in [1.29, 1.82) is 0 Å². The standard InChI is InChI=1S/C12H30O2S2Si2/c1-17(2,3)13-7-9-15-11-12-16-10-8-14-18(4,5)6/h7-12H2,1-6H3. The van der Waals surface area contributed by atoms with Gasteiger partial charge in [-0.1, -0.05) is 0 Å². The molecule has 0 spiro atoms. The minimum Gasteiger partial charge on any atom is -0.417 e. The highest BCUT2D eigenvalue weighted by Crippen LogP contribution is 2.10. The van der Waals surface area contributed by atoms with Crippen LogP contribution in [0.1, 0.15) is 0 Å². The van der Waals surface area contributed by atoms with E-state index in [0.29, 0.717) is 0 Å². The van der Waals surface area contributed by atoms with Crippen molar-refractivity contribution in [2.24, 2.45) is 0 Å². The minimum atomic E-state index is -1.29. The Balaban J connectivity index is 3.13. The smallest absolute Gasteiger partial charge is 0.183 e. The Morgan fingerprint density at radius 2 is 0.944 bits per heavy atom. The summed E-state index contributed by atoms with van der Waals surface area (Å²) in [5.74, 6) is 4.73. The highest BCUT2D eigenvalue weighted by Gasteiger charge is 2.13. The second kappa shape index (κ2) is 9.88. The summed E-state index contributed by atoms with van der Waals surface area (Å²) >= 11 is 4.00. The summed E-state index contributed by atoms with van der Waals surface area (Å²) in [6.07, 6.45) is 0. The van der Waals surface area contributed by atoms with Crippen molar-refractivity contribution in [2.75, 3.05) is 36.2 Å². The van der Waals surface area contributed by atoms with E-state index in [1.807, 2.05) is 23.5 Å². The number of hydrogen-bond donors (Lipinski definition) is 0. The van der Waals surface area contributed by atoms with Gasteiger partial charge in [-0.15, -0.1) is 0 Å². The number of rotatable bonds is 11. The Morgan fingerprint density at radius 3 is 1.22 bits per heavy atom. The van der Waals surface area contributed by atoms with Crippen LogP contribution in [0.5, 0.6) is 0 Å². The Hall–Kier alpha value is 1.05. The molecule has 18 heavy (non-hydrogen) atoms. The topological polar surface area (TPSA) is 18.5 Å². The lowest BCUT2D eigenvalue weighted by Gasteiger charge is -2.17. The van der Waals surface area contributed by atoms with E-state index in [4.69, 9.17) is 8.85 Å². The van der Waals surface area contributed by atoms with Crippen LogP contribution < -0.4 is 0 Å². The third-order valence-electron chi connectivity index (χ3n) is 1.90. The molecule has 0 aliphatic rings. The first-order valence-electron chi connectivity index (χ1n) is 6.64. The second-order valence-electron chi connectivity index (χ2n) is 6.15. The molecule has 0 aliphatic heterocycles. The predicted molar refractivity (Wildman–Crippen MR) is 93.2 cm³/mol. The lowest BCUT2D eigenvalue weighted by atomic mass is 10.9. The monoisotopic (exact) mass is 326 g/mol. The fourth-order valence-corrected chi connectivity index (χ4v) is 4.61. The Labute approximate surface area is 124 Å². The van der Waals surface area contributed by atoms with Gasteiger partial charge in [0.25, 0.3) is 0 Å². The minimum absolute atomic E-state index is 0.920. The van der Waals surface area contributed by atoms with E-state index in [1.165, 1.54) is 11.5 Å². The van der Waals surface area contributed by atoms with Gasteiger partial charge in [-0.05, 0) is 39.3 Å². The summed E-state index contributed by atoms with van der Waals surface area (Å²) in [4.78, 5) is 0. The van der Waals surface area contributed by atoms with Crippen molar-refractivity contribution in [1.82, 2.24) is 0 Å². The first-order valence-corrected chi connectivity index (χ1v) is 15.8. The van der Waals surface area contributed by atoms with Gasteiger partial charge in [0.15, 0.2) is 16.6 Å². The van der Waals surface area contributed by atoms with E-state index in [0.717, 1.165) is 24.7 Å². The van der Waals surface area contributed by atoms with Crippen LogP contribution in [0.15, 0.2) is 0 Å². The van der Waals surface area contributed by atoms with E-state index in [-0.39, 0.29) is 0 Å². The molecule has 0 amide bonds. The van der Waals surface area contributed by atoms with E-state index < -0.39 is 16.6 Å². The van der Waals surface area contributed by atoms with Gasteiger partial charge < -0.3 is 8.85 Å². The van der Waals surface area contributed by atoms with Crippen LogP contribution in [-0.4, -0.2) is 52.9 Å². The largest absolute Gasteiger partial charge is 0.417 e. The number of thioether (sulfide) groups is 2. The lowest BCUT2D eigenvalue weighted by molar-refractivity contribution is 0.337. The molecule has 0 bridgehead atoms. The Morgan fingerprint density at radius 1 is 0.611 bits per heavy atom. The van der Waals surface area contributed by atoms with Gasteiger partial charge in [-0.25, -0.2) is 0 Å². The predicted octanol–water partition coefficient (Wildman–Crippen LogP) is 4.16. The fourth-order valence-electron chi connectivity index (χ4n) is 1.14. The summed E-state index contributed by atoms with van der Waals surface area (Å²) in [5, 5.41) is 0. The Kier molecular flexibility index (Phi) is 10.5. The van der Waals surface area contributed by atoms with Crippen molar-refractivity contribution < 1.29 is 8.85 Å². The molecule has 0 aromatic carbocycles. The van der Waals surface area contributed by atoms with E-state index >= 15 is 0 Å². The van der Waals surface area contributed by atoms with Gasteiger partial charge in [0, 0.05) is 36.2 Å². The molecular formula is C12H30O2S2Si2. The van der Waals surface area contributed by atoms with Crippen LogP contribution in [0, 0.1) is 0 Å². The normalized spacial score (nSPS) is 13.0. The summed E-state index contributed by atoms with van der Waals surface area (Å²) in [5.41, 5.74) is 0. The van der Waals surface area contributed by atoms with Crippen molar-refractivity contribution in [3.8, 4) is 0 Å². The Bertz CT molecular complexity index is 181. The average molecular weight is 327 g/mol. The molecule has 0 rings (SSSR count). The molecule has 0 heterocycles. The van der Waals surface area contributed by atoms with Crippen LogP contribution in [0.4, 0.5) is 0 Å². The average Bonchev–Trinajstić information content (AvgIpc) is 2.17. The quantitative estimate of drug-likeness (QED) is 0.419. The molecule has 0 unspecified atom stereocenters. The van der Waals surface area contributed by atoms with Crippen molar-refractivity contribution >= 4 is 40.2 Å². The first kappa shape index (κ1) is 19.1. The van der Waals surface area contributed by atoms with Crippen molar-refractivity contribution in [2.45, 2.75) is 39.3 Å². The molecule has 0 saturated heterocycles. The molecule has 0 radical (unpaired) electrons. The molecule has 6 heteroatoms. The summed E-state index contributed by atoms with van der Waals surface area (Å²) < 4.78 is 11.6. The van der Waals surface area contributed by atoms with Crippen LogP contribution in [-0.2, 0) is 8.85 Å². The highest BCUT2D eigenvalue weighted by atomic mass is 32.2. The van der Waals surface area contributed by atoms with Crippen LogP contribution in [0.2, 0.25) is 39.3 Å². The molecule has 110 valence electrons. The van der Waals surface area contributed by atoms with Gasteiger partial charge in [0.05, 0.1) is 0 Å². The zero-order chi connectivity index (χ0) is 14.1. The maximum atomic E-state index is 5.81. The summed E-state index contributed by atoms with van der Waals surface area (Å²) in [7, 11) is -2.58. The molecule has 0 N–H and O–H groups in total. The molecule has 0 aromatic rings. The van der Waals surface area contributed by atoms with Crippen LogP contribution >= 0.6 is 23.5 Å². The molecule has 0 aliphatic carbocycles. The zero-order valence-electron chi connectivity index (χ0n) is 12.9. The van der Waals surface area contributed by atoms with E-state index in [9.17, 15) is 0 Å². The van der Waals surface area contributed by atoms with E-state index in [1.54, 1.807) is 0 Å². The SMILES string of the molecule is C[Si](C)(C)OCCSCCSCCO[Si](C)(C)C. The molecule has 0 saturated carbocycles. The van der Waals surface area contributed by atoms with Gasteiger partial charge in [0.2, 0.25) is 0 Å². The summed E-state index contributed by atoms with van der Waals surface area (Å²) in [6, 6.07) is 0. The highest BCUT2D eigenvalue weighted by molar-refractivity contribution is 8.02. The first-order chi connectivity index (χ1) is 8.21. The molecular weight excluding hydrogens is 296 g/mol.